The molecule has 0 radical (unpaired) electrons. The van der Waals surface area contributed by atoms with Crippen molar-refractivity contribution in [2.75, 3.05) is 25.1 Å². The number of aryl methyl sites for hydroxylation is 1. The van der Waals surface area contributed by atoms with Gasteiger partial charge in [0.2, 0.25) is 35.4 Å². The summed E-state index contributed by atoms with van der Waals surface area (Å²) in [5.74, 6) is -2.71. The molecule has 0 aromatic heterocycles. The Labute approximate surface area is 305 Å². The highest BCUT2D eigenvalue weighted by atomic mass is 32.2. The largest absolute Gasteiger partial charge is 0.349 e. The molecule has 0 unspecified atom stereocenters. The Balaban J connectivity index is 1.71. The van der Waals surface area contributed by atoms with Gasteiger partial charge in [-0.2, -0.15) is 11.8 Å². The van der Waals surface area contributed by atoms with Gasteiger partial charge in [-0.05, 0) is 75.5 Å². The van der Waals surface area contributed by atoms with Crippen molar-refractivity contribution in [1.29, 1.82) is 0 Å². The van der Waals surface area contributed by atoms with Gasteiger partial charge < -0.3 is 31.5 Å². The summed E-state index contributed by atoms with van der Waals surface area (Å²) in [7, 11) is 0. The number of carbonyl (C=O) groups excluding carboxylic acids is 6. The van der Waals surface area contributed by atoms with Crippen LogP contribution in [0.15, 0.2) is 54.6 Å². The maximum absolute atomic E-state index is 14.5. The molecule has 4 rings (SSSR count). The third-order valence-electron chi connectivity index (χ3n) is 9.51. The van der Waals surface area contributed by atoms with Crippen molar-refractivity contribution in [3.63, 3.8) is 0 Å². The van der Waals surface area contributed by atoms with Crippen LogP contribution in [0, 0.1) is 12.8 Å². The van der Waals surface area contributed by atoms with E-state index in [4.69, 9.17) is 0 Å². The molecule has 5 N–H and O–H groups in total. The Morgan fingerprint density at radius 2 is 1.45 bits per heavy atom. The lowest BCUT2D eigenvalue weighted by Crippen LogP contribution is -2.60. The molecule has 51 heavy (non-hydrogen) atoms. The van der Waals surface area contributed by atoms with Gasteiger partial charge in [-0.15, -0.1) is 0 Å². The number of carbonyl (C=O) groups is 6. The molecule has 2 fully saturated rings. The minimum absolute atomic E-state index is 0.00354. The lowest BCUT2D eigenvalue weighted by molar-refractivity contribution is -0.140. The number of amides is 6. The molecular weight excluding hydrogens is 669 g/mol. The van der Waals surface area contributed by atoms with Crippen LogP contribution in [0.25, 0.3) is 0 Å². The first kappa shape index (κ1) is 39.4. The van der Waals surface area contributed by atoms with Crippen molar-refractivity contribution in [1.82, 2.24) is 31.5 Å². The average molecular weight is 721 g/mol. The van der Waals surface area contributed by atoms with Crippen LogP contribution in [0.3, 0.4) is 0 Å². The molecule has 0 bridgehead atoms. The summed E-state index contributed by atoms with van der Waals surface area (Å²) in [4.78, 5) is 83.6. The maximum Gasteiger partial charge on any atom is 0.243 e. The van der Waals surface area contributed by atoms with Gasteiger partial charge in [0.15, 0.2) is 0 Å². The van der Waals surface area contributed by atoms with Crippen LogP contribution < -0.4 is 26.6 Å². The minimum Gasteiger partial charge on any atom is -0.349 e. The number of nitrogens with zero attached hydrogens (tertiary/aromatic N) is 1. The topological polar surface area (TPSA) is 166 Å². The van der Waals surface area contributed by atoms with Crippen molar-refractivity contribution in [2.24, 2.45) is 5.92 Å². The number of nitrogens with one attached hydrogen (secondary N) is 5. The molecule has 2 aliphatic rings. The van der Waals surface area contributed by atoms with Gasteiger partial charge in [0.05, 0.1) is 18.0 Å². The van der Waals surface area contributed by atoms with Crippen LogP contribution >= 0.6 is 11.8 Å². The second-order valence-electron chi connectivity index (χ2n) is 14.1. The monoisotopic (exact) mass is 720 g/mol. The first-order valence-electron chi connectivity index (χ1n) is 17.6. The van der Waals surface area contributed by atoms with Gasteiger partial charge in [0.25, 0.3) is 0 Å². The molecule has 1 aliphatic heterocycles. The molecule has 6 amide bonds. The summed E-state index contributed by atoms with van der Waals surface area (Å²) >= 11 is 1.51. The van der Waals surface area contributed by atoms with Crippen LogP contribution in [-0.2, 0) is 40.6 Å². The summed E-state index contributed by atoms with van der Waals surface area (Å²) < 4.78 is 0. The minimum atomic E-state index is -1.04. The van der Waals surface area contributed by atoms with Gasteiger partial charge in [-0.3, -0.25) is 28.8 Å². The highest BCUT2D eigenvalue weighted by Gasteiger charge is 2.53. The Hall–Kier alpha value is -4.39. The van der Waals surface area contributed by atoms with Gasteiger partial charge in [-0.1, -0.05) is 74.0 Å². The number of thioether (sulfide) groups is 1. The number of hydrogen-bond acceptors (Lipinski definition) is 7. The van der Waals surface area contributed by atoms with E-state index in [2.05, 4.69) is 26.6 Å². The predicted octanol–water partition coefficient (Wildman–Crippen LogP) is 1.98. The fourth-order valence-corrected chi connectivity index (χ4v) is 6.75. The molecule has 1 saturated carbocycles. The predicted molar refractivity (Wildman–Crippen MR) is 198 cm³/mol. The fraction of sp³-hybridized carbons (Fsp3) is 0.526. The first-order valence-corrected chi connectivity index (χ1v) is 19.0. The Morgan fingerprint density at radius 3 is 2.06 bits per heavy atom. The third kappa shape index (κ3) is 10.6. The second kappa shape index (κ2) is 17.7. The van der Waals surface area contributed by atoms with Gasteiger partial charge in [0.1, 0.15) is 24.2 Å². The summed E-state index contributed by atoms with van der Waals surface area (Å²) in [5.41, 5.74) is 2.02. The highest BCUT2D eigenvalue weighted by molar-refractivity contribution is 7.98. The van der Waals surface area contributed by atoms with Crippen LogP contribution in [0.5, 0.6) is 0 Å². The number of benzene rings is 2. The van der Waals surface area contributed by atoms with Gasteiger partial charge in [0, 0.05) is 6.54 Å². The van der Waals surface area contributed by atoms with E-state index in [-0.39, 0.29) is 24.9 Å². The summed E-state index contributed by atoms with van der Waals surface area (Å²) in [6, 6.07) is 12.7. The van der Waals surface area contributed by atoms with Crippen molar-refractivity contribution in [3.05, 3.63) is 71.3 Å². The smallest absolute Gasteiger partial charge is 0.243 e. The lowest BCUT2D eigenvalue weighted by atomic mass is 9.93. The molecule has 2 aromatic rings. The first-order chi connectivity index (χ1) is 24.2. The van der Waals surface area contributed by atoms with Gasteiger partial charge in [-0.25, -0.2) is 0 Å². The van der Waals surface area contributed by atoms with Gasteiger partial charge >= 0.3 is 0 Å². The van der Waals surface area contributed by atoms with Crippen LogP contribution in [0.2, 0.25) is 0 Å². The van der Waals surface area contributed by atoms with Crippen molar-refractivity contribution < 1.29 is 28.8 Å². The molecule has 1 saturated heterocycles. The van der Waals surface area contributed by atoms with E-state index in [9.17, 15) is 28.8 Å². The maximum atomic E-state index is 14.5. The second-order valence-corrected chi connectivity index (χ2v) is 15.1. The Morgan fingerprint density at radius 1 is 0.824 bits per heavy atom. The van der Waals surface area contributed by atoms with Crippen LogP contribution in [0.1, 0.15) is 63.6 Å². The van der Waals surface area contributed by atoms with Crippen molar-refractivity contribution in [3.8, 4) is 0 Å². The van der Waals surface area contributed by atoms with Crippen molar-refractivity contribution >= 4 is 47.2 Å². The molecule has 13 heteroatoms. The third-order valence-corrected chi connectivity index (χ3v) is 10.2. The van der Waals surface area contributed by atoms with Crippen LogP contribution in [-0.4, -0.2) is 95.7 Å². The normalized spacial score (nSPS) is 25.0. The van der Waals surface area contributed by atoms with E-state index < -0.39 is 65.2 Å². The lowest BCUT2D eigenvalue weighted by Gasteiger charge is -2.32. The Kier molecular flexibility index (Phi) is 13.7. The van der Waals surface area contributed by atoms with Crippen molar-refractivity contribution in [2.45, 2.75) is 95.9 Å². The summed E-state index contributed by atoms with van der Waals surface area (Å²) in [5, 5.41) is 14.0. The zero-order chi connectivity index (χ0) is 37.3. The standard InChI is InChI=1S/C38H52N6O6S/c1-23(2)32-36(49)42-30(16-19-51-6)35(48)40-26(5)33(46)41-29(20-27-10-8-7-9-11-27)21-44(22-31(45)39-25(4)34(47)43-32)37(50)38(17-18-38)28-14-12-24(3)13-15-28/h7-15,23,25-26,29-30,32H,16-22H2,1-6H3,(H,39,45)(H,40,48)(H,41,46)(H,42,49)(H,43,47)/t25-,26+,29-,30+,32+/m1/s1. The molecule has 12 nitrogen and oxygen atoms in total. The quantitative estimate of drug-likeness (QED) is 0.278. The van der Waals surface area contributed by atoms with E-state index >= 15 is 0 Å². The molecule has 1 heterocycles. The van der Waals surface area contributed by atoms with E-state index in [1.807, 2.05) is 67.8 Å². The molecule has 1 aliphatic carbocycles. The SMILES string of the molecule is CSCC[C@@H]1NC(=O)[C@H](C(C)C)NC(=O)[C@@H](C)NC(=O)CN(C(=O)C2(c3ccc(C)cc3)CC2)C[C@@H](Cc2ccccc2)NC(=O)[C@H](C)NC1=O. The van der Waals surface area contributed by atoms with E-state index in [1.165, 1.54) is 23.6 Å². The zero-order valence-corrected chi connectivity index (χ0v) is 31.2. The van der Waals surface area contributed by atoms with E-state index in [0.29, 0.717) is 31.4 Å². The molecule has 2 aromatic carbocycles. The molecule has 5 atom stereocenters. The van der Waals surface area contributed by atoms with E-state index in [0.717, 1.165) is 16.7 Å². The zero-order valence-electron chi connectivity index (χ0n) is 30.4. The molecule has 0 spiro atoms. The van der Waals surface area contributed by atoms with E-state index in [1.54, 1.807) is 20.8 Å². The summed E-state index contributed by atoms with van der Waals surface area (Å²) in [6.45, 7) is 8.22. The number of hydrogen-bond donors (Lipinski definition) is 5. The Bertz CT molecular complexity index is 1560. The van der Waals surface area contributed by atoms with Crippen LogP contribution in [0.4, 0.5) is 0 Å². The molecule has 276 valence electrons. The molecular formula is C38H52N6O6S. The average Bonchev–Trinajstić information content (AvgIpc) is 3.90. The highest BCUT2D eigenvalue weighted by Crippen LogP contribution is 2.49. The number of rotatable bonds is 8. The summed E-state index contributed by atoms with van der Waals surface area (Å²) in [6.07, 6.45) is 3.76. The fourth-order valence-electron chi connectivity index (χ4n) is 6.28.